The number of carbonyl (C=O) groups excluding carboxylic acids is 1. The Hall–Kier alpha value is -1.72. The topological polar surface area (TPSA) is 54.0 Å². The third-order valence-electron chi connectivity index (χ3n) is 5.72. The van der Waals surface area contributed by atoms with Crippen LogP contribution >= 0.6 is 11.3 Å². The number of hydrogen-bond acceptors (Lipinski definition) is 4. The summed E-state index contributed by atoms with van der Waals surface area (Å²) in [6.45, 7) is 4.21. The van der Waals surface area contributed by atoms with Gasteiger partial charge in [0.05, 0.1) is 5.41 Å². The molecular weight excluding hydrogens is 330 g/mol. The highest BCUT2D eigenvalue weighted by atomic mass is 32.1. The monoisotopic (exact) mass is 355 g/mol. The summed E-state index contributed by atoms with van der Waals surface area (Å²) in [6, 6.07) is 8.36. The van der Waals surface area contributed by atoms with Gasteiger partial charge in [-0.25, -0.2) is 4.98 Å². The fourth-order valence-electron chi connectivity index (χ4n) is 4.15. The molecule has 1 aliphatic heterocycles. The molecule has 1 amide bonds. The zero-order valence-electron chi connectivity index (χ0n) is 14.7. The van der Waals surface area contributed by atoms with Gasteiger partial charge in [0.2, 0.25) is 5.91 Å². The molecule has 1 saturated heterocycles. The molecule has 2 N–H and O–H groups in total. The Balaban J connectivity index is 1.52. The highest BCUT2D eigenvalue weighted by Gasteiger charge is 2.39. The molecule has 132 valence electrons. The van der Waals surface area contributed by atoms with Crippen molar-refractivity contribution in [3.05, 3.63) is 46.5 Å². The molecule has 1 aliphatic carbocycles. The van der Waals surface area contributed by atoms with Crippen LogP contribution in [0.2, 0.25) is 0 Å². The second-order valence-electron chi connectivity index (χ2n) is 7.39. The molecular formula is C20H25N3OS. The number of thiazole rings is 1. The largest absolute Gasteiger partial charge is 0.317 e. The standard InChI is InChI=1S/C20H25N3OS/c1-20(10-4-6-14-5-2-3-7-16(14)20)18(24)23-19-22-13-17(25-19)15-8-11-21-12-9-15/h2-3,5,7,13,15,21H,4,6,8-12H2,1H3,(H,22,23,24). The van der Waals surface area contributed by atoms with E-state index in [-0.39, 0.29) is 5.91 Å². The molecule has 5 heteroatoms. The number of carbonyl (C=O) groups is 1. The predicted molar refractivity (Wildman–Crippen MR) is 102 cm³/mol. The van der Waals surface area contributed by atoms with Crippen molar-refractivity contribution < 1.29 is 4.79 Å². The molecule has 1 atom stereocenters. The highest BCUT2D eigenvalue weighted by molar-refractivity contribution is 7.15. The zero-order valence-corrected chi connectivity index (χ0v) is 15.5. The number of benzene rings is 1. The van der Waals surface area contributed by atoms with Gasteiger partial charge in [-0.2, -0.15) is 0 Å². The van der Waals surface area contributed by atoms with Gasteiger partial charge in [0.15, 0.2) is 5.13 Å². The predicted octanol–water partition coefficient (Wildman–Crippen LogP) is 3.84. The van der Waals surface area contributed by atoms with E-state index in [4.69, 9.17) is 0 Å². The molecule has 4 nitrogen and oxygen atoms in total. The van der Waals surface area contributed by atoms with Gasteiger partial charge in [-0.3, -0.25) is 4.79 Å². The molecule has 1 unspecified atom stereocenters. The number of rotatable bonds is 3. The summed E-state index contributed by atoms with van der Waals surface area (Å²) in [6.07, 6.45) is 7.27. The summed E-state index contributed by atoms with van der Waals surface area (Å²) in [5.74, 6) is 0.654. The van der Waals surface area contributed by atoms with Gasteiger partial charge in [-0.05, 0) is 69.2 Å². The number of piperidine rings is 1. The minimum absolute atomic E-state index is 0.0749. The lowest BCUT2D eigenvalue weighted by Gasteiger charge is -2.34. The van der Waals surface area contributed by atoms with Gasteiger partial charge in [0.25, 0.3) is 0 Å². The number of fused-ring (bicyclic) bond motifs is 1. The van der Waals surface area contributed by atoms with Crippen LogP contribution in [-0.2, 0) is 16.6 Å². The first-order valence-electron chi connectivity index (χ1n) is 9.23. The van der Waals surface area contributed by atoms with Crippen LogP contribution in [0, 0.1) is 0 Å². The normalized spacial score (nSPS) is 23.9. The van der Waals surface area contributed by atoms with Crippen molar-refractivity contribution in [1.29, 1.82) is 0 Å². The fourth-order valence-corrected chi connectivity index (χ4v) is 5.13. The Bertz CT molecular complexity index is 766. The number of nitrogens with zero attached hydrogens (tertiary/aromatic N) is 1. The quantitative estimate of drug-likeness (QED) is 0.879. The Morgan fingerprint density at radius 3 is 2.96 bits per heavy atom. The first-order chi connectivity index (χ1) is 12.2. The molecule has 1 aromatic heterocycles. The Kier molecular flexibility index (Phi) is 4.61. The molecule has 1 fully saturated rings. The van der Waals surface area contributed by atoms with Gasteiger partial charge < -0.3 is 10.6 Å². The Morgan fingerprint density at radius 1 is 1.32 bits per heavy atom. The molecule has 0 saturated carbocycles. The maximum absolute atomic E-state index is 13.1. The summed E-state index contributed by atoms with van der Waals surface area (Å²) in [7, 11) is 0. The first kappa shape index (κ1) is 16.7. The second-order valence-corrected chi connectivity index (χ2v) is 8.45. The van der Waals surface area contributed by atoms with E-state index in [1.807, 2.05) is 12.3 Å². The summed E-state index contributed by atoms with van der Waals surface area (Å²) >= 11 is 1.64. The van der Waals surface area contributed by atoms with Crippen molar-refractivity contribution in [3.8, 4) is 0 Å². The van der Waals surface area contributed by atoms with Crippen LogP contribution in [0.25, 0.3) is 0 Å². The van der Waals surface area contributed by atoms with Gasteiger partial charge in [0.1, 0.15) is 0 Å². The number of aryl methyl sites for hydroxylation is 1. The van der Waals surface area contributed by atoms with E-state index < -0.39 is 5.41 Å². The lowest BCUT2D eigenvalue weighted by Crippen LogP contribution is -2.40. The van der Waals surface area contributed by atoms with E-state index in [2.05, 4.69) is 40.7 Å². The van der Waals surface area contributed by atoms with Gasteiger partial charge >= 0.3 is 0 Å². The van der Waals surface area contributed by atoms with Crippen molar-refractivity contribution >= 4 is 22.4 Å². The average molecular weight is 356 g/mol. The van der Waals surface area contributed by atoms with E-state index in [1.54, 1.807) is 11.3 Å². The van der Waals surface area contributed by atoms with Crippen molar-refractivity contribution in [2.24, 2.45) is 0 Å². The van der Waals surface area contributed by atoms with E-state index >= 15 is 0 Å². The molecule has 25 heavy (non-hydrogen) atoms. The van der Waals surface area contributed by atoms with E-state index in [0.29, 0.717) is 5.92 Å². The van der Waals surface area contributed by atoms with Crippen LogP contribution in [0.1, 0.15) is 54.5 Å². The second kappa shape index (κ2) is 6.89. The Morgan fingerprint density at radius 2 is 2.12 bits per heavy atom. The highest BCUT2D eigenvalue weighted by Crippen LogP contribution is 2.39. The van der Waals surface area contributed by atoms with Crippen LogP contribution in [0.15, 0.2) is 30.5 Å². The van der Waals surface area contributed by atoms with E-state index in [0.717, 1.165) is 50.3 Å². The smallest absolute Gasteiger partial charge is 0.236 e. The van der Waals surface area contributed by atoms with Crippen LogP contribution in [0.4, 0.5) is 5.13 Å². The SMILES string of the molecule is CC1(C(=O)Nc2ncc(C3CCNCC3)s2)CCCc2ccccc21. The molecule has 4 rings (SSSR count). The van der Waals surface area contributed by atoms with Crippen LogP contribution in [-0.4, -0.2) is 24.0 Å². The minimum Gasteiger partial charge on any atom is -0.317 e. The molecule has 2 aliphatic rings. The number of anilines is 1. The lowest BCUT2D eigenvalue weighted by molar-refractivity contribution is -0.121. The maximum atomic E-state index is 13.1. The van der Waals surface area contributed by atoms with E-state index in [9.17, 15) is 4.79 Å². The summed E-state index contributed by atoms with van der Waals surface area (Å²) in [5.41, 5.74) is 2.02. The number of amides is 1. The summed E-state index contributed by atoms with van der Waals surface area (Å²) in [5, 5.41) is 7.24. The number of nitrogens with one attached hydrogen (secondary N) is 2. The van der Waals surface area contributed by atoms with Crippen LogP contribution in [0.5, 0.6) is 0 Å². The van der Waals surface area contributed by atoms with Gasteiger partial charge in [-0.1, -0.05) is 24.3 Å². The van der Waals surface area contributed by atoms with Crippen LogP contribution < -0.4 is 10.6 Å². The van der Waals surface area contributed by atoms with Crippen molar-refractivity contribution in [3.63, 3.8) is 0 Å². The van der Waals surface area contributed by atoms with Crippen molar-refractivity contribution in [2.75, 3.05) is 18.4 Å². The van der Waals surface area contributed by atoms with Crippen molar-refractivity contribution in [2.45, 2.75) is 50.4 Å². The van der Waals surface area contributed by atoms with Gasteiger partial charge in [0, 0.05) is 11.1 Å². The van der Waals surface area contributed by atoms with Crippen LogP contribution in [0.3, 0.4) is 0 Å². The zero-order chi connectivity index (χ0) is 17.3. The maximum Gasteiger partial charge on any atom is 0.236 e. The summed E-state index contributed by atoms with van der Waals surface area (Å²) in [4.78, 5) is 18.9. The molecule has 2 aromatic rings. The Labute approximate surface area is 153 Å². The molecule has 1 aromatic carbocycles. The third kappa shape index (κ3) is 3.23. The lowest BCUT2D eigenvalue weighted by atomic mass is 9.71. The van der Waals surface area contributed by atoms with Gasteiger partial charge in [-0.15, -0.1) is 11.3 Å². The first-order valence-corrected chi connectivity index (χ1v) is 10.0. The third-order valence-corrected chi connectivity index (χ3v) is 6.80. The molecule has 0 spiro atoms. The number of hydrogen-bond donors (Lipinski definition) is 2. The molecule has 2 heterocycles. The fraction of sp³-hybridized carbons (Fsp3) is 0.500. The summed E-state index contributed by atoms with van der Waals surface area (Å²) < 4.78 is 0. The average Bonchev–Trinajstić information content (AvgIpc) is 3.11. The number of aromatic nitrogens is 1. The van der Waals surface area contributed by atoms with E-state index in [1.165, 1.54) is 16.0 Å². The molecule has 0 bridgehead atoms. The minimum atomic E-state index is -0.463. The van der Waals surface area contributed by atoms with Crippen molar-refractivity contribution in [1.82, 2.24) is 10.3 Å². The molecule has 0 radical (unpaired) electrons.